The molecule has 2 N–H and O–H groups in total. The largest absolute Gasteiger partial charge is 0.543 e. The third-order valence-corrected chi connectivity index (χ3v) is 17.1. The number of aliphatic hydroxyl groups is 2. The standard InChI is InChI=1S/C30H56O4Si2/c1-22(16-18-26(31)30(9,10)32)15-17-25-20-24(21-33-35(11,12)28(3,4)5)19-23(2)27(25)34-36(13,14)29(6,7)8/h15,19-20,26,31-32H,16-18,21H2,1-14H3/b22-15+. The van der Waals surface area contributed by atoms with Crippen LogP contribution in [0.15, 0.2) is 23.8 Å². The Bertz CT molecular complexity index is 897. The lowest BCUT2D eigenvalue weighted by atomic mass is 9.95. The van der Waals surface area contributed by atoms with Crippen molar-refractivity contribution in [2.45, 2.75) is 143 Å². The van der Waals surface area contributed by atoms with Crippen molar-refractivity contribution >= 4 is 16.6 Å². The Kier molecular flexibility index (Phi) is 10.9. The van der Waals surface area contributed by atoms with Crippen molar-refractivity contribution in [1.82, 2.24) is 0 Å². The first-order valence-electron chi connectivity index (χ1n) is 13.5. The van der Waals surface area contributed by atoms with Crippen LogP contribution in [0.25, 0.3) is 0 Å². The SMILES string of the molecule is C/C(=C\Cc1cc(CO[Si](C)(C)C(C)(C)C)cc(C)c1O[Si](C)(C)C(C)(C)C)CCC(O)C(C)(C)O. The molecule has 4 nitrogen and oxygen atoms in total. The first-order valence-corrected chi connectivity index (χ1v) is 19.3. The van der Waals surface area contributed by atoms with Crippen molar-refractivity contribution in [3.63, 3.8) is 0 Å². The summed E-state index contributed by atoms with van der Waals surface area (Å²) in [5.74, 6) is 1.01. The summed E-state index contributed by atoms with van der Waals surface area (Å²) in [6.07, 6.45) is 3.55. The molecule has 1 aromatic carbocycles. The molecule has 0 aliphatic carbocycles. The Balaban J connectivity index is 3.29. The van der Waals surface area contributed by atoms with E-state index in [-0.39, 0.29) is 10.1 Å². The van der Waals surface area contributed by atoms with Crippen molar-refractivity contribution in [1.29, 1.82) is 0 Å². The zero-order valence-electron chi connectivity index (χ0n) is 25.8. The molecular weight excluding hydrogens is 480 g/mol. The summed E-state index contributed by atoms with van der Waals surface area (Å²) >= 11 is 0. The van der Waals surface area contributed by atoms with Gasteiger partial charge in [-0.1, -0.05) is 59.3 Å². The fourth-order valence-corrected chi connectivity index (χ4v) is 5.37. The highest BCUT2D eigenvalue weighted by atomic mass is 28.4. The molecule has 0 aliphatic heterocycles. The molecule has 0 heterocycles. The van der Waals surface area contributed by atoms with Crippen LogP contribution in [0, 0.1) is 6.92 Å². The van der Waals surface area contributed by atoms with Gasteiger partial charge in [0.25, 0.3) is 8.32 Å². The van der Waals surface area contributed by atoms with Crippen molar-refractivity contribution in [2.24, 2.45) is 0 Å². The molecule has 1 atom stereocenters. The van der Waals surface area contributed by atoms with Gasteiger partial charge in [0.05, 0.1) is 18.3 Å². The van der Waals surface area contributed by atoms with Crippen molar-refractivity contribution in [3.8, 4) is 5.75 Å². The van der Waals surface area contributed by atoms with Gasteiger partial charge in [-0.05, 0) is 106 Å². The van der Waals surface area contributed by atoms with Crippen LogP contribution < -0.4 is 4.43 Å². The van der Waals surface area contributed by atoms with Crippen LogP contribution >= 0.6 is 0 Å². The van der Waals surface area contributed by atoms with Gasteiger partial charge < -0.3 is 19.1 Å². The molecule has 36 heavy (non-hydrogen) atoms. The number of benzene rings is 1. The predicted octanol–water partition coefficient (Wildman–Crippen LogP) is 8.30. The summed E-state index contributed by atoms with van der Waals surface area (Å²) in [7, 11) is -3.87. The molecule has 0 spiro atoms. The Hall–Kier alpha value is -0.926. The van der Waals surface area contributed by atoms with Gasteiger partial charge in [0.2, 0.25) is 0 Å². The molecule has 0 radical (unpaired) electrons. The fourth-order valence-electron chi connectivity index (χ4n) is 3.30. The average molecular weight is 537 g/mol. The highest BCUT2D eigenvalue weighted by Crippen LogP contribution is 2.41. The van der Waals surface area contributed by atoms with Gasteiger partial charge >= 0.3 is 0 Å². The van der Waals surface area contributed by atoms with E-state index in [2.05, 4.69) is 99.8 Å². The molecule has 1 aromatic rings. The van der Waals surface area contributed by atoms with E-state index in [1.54, 1.807) is 13.8 Å². The lowest BCUT2D eigenvalue weighted by Crippen LogP contribution is -2.44. The Morgan fingerprint density at radius 2 is 1.47 bits per heavy atom. The van der Waals surface area contributed by atoms with Crippen LogP contribution in [0.5, 0.6) is 5.75 Å². The van der Waals surface area contributed by atoms with Crippen molar-refractivity contribution in [3.05, 3.63) is 40.5 Å². The van der Waals surface area contributed by atoms with Gasteiger partial charge in [0.15, 0.2) is 8.32 Å². The monoisotopic (exact) mass is 536 g/mol. The minimum Gasteiger partial charge on any atom is -0.543 e. The topological polar surface area (TPSA) is 58.9 Å². The maximum absolute atomic E-state index is 10.2. The van der Waals surface area contributed by atoms with Gasteiger partial charge in [-0.25, -0.2) is 0 Å². The number of hydrogen-bond acceptors (Lipinski definition) is 4. The lowest BCUT2D eigenvalue weighted by molar-refractivity contribution is -0.0509. The second kappa shape index (κ2) is 11.9. The minimum absolute atomic E-state index is 0.111. The van der Waals surface area contributed by atoms with E-state index >= 15 is 0 Å². The van der Waals surface area contributed by atoms with Crippen molar-refractivity contribution < 1.29 is 19.1 Å². The molecule has 0 amide bonds. The van der Waals surface area contributed by atoms with E-state index < -0.39 is 28.3 Å². The number of hydrogen-bond donors (Lipinski definition) is 2. The molecule has 1 unspecified atom stereocenters. The second-order valence-corrected chi connectivity index (χ2v) is 23.8. The number of aliphatic hydroxyl groups excluding tert-OH is 1. The van der Waals surface area contributed by atoms with E-state index in [1.165, 1.54) is 16.7 Å². The molecule has 0 aromatic heterocycles. The molecule has 1 rings (SSSR count). The number of rotatable bonds is 11. The molecule has 0 saturated heterocycles. The van der Waals surface area contributed by atoms with Crippen LogP contribution in [0.2, 0.25) is 36.3 Å². The van der Waals surface area contributed by atoms with Crippen molar-refractivity contribution in [2.75, 3.05) is 0 Å². The summed E-state index contributed by atoms with van der Waals surface area (Å²) in [6.45, 7) is 31.0. The normalized spacial score (nSPS) is 15.3. The quantitative estimate of drug-likeness (QED) is 0.220. The van der Waals surface area contributed by atoms with Gasteiger partial charge in [-0.15, -0.1) is 0 Å². The second-order valence-electron chi connectivity index (χ2n) is 14.3. The Morgan fingerprint density at radius 1 is 0.944 bits per heavy atom. The van der Waals surface area contributed by atoms with Crippen LogP contribution in [-0.4, -0.2) is 38.6 Å². The van der Waals surface area contributed by atoms with Crippen LogP contribution in [0.1, 0.15) is 91.8 Å². The fraction of sp³-hybridized carbons (Fsp3) is 0.733. The predicted molar refractivity (Wildman–Crippen MR) is 160 cm³/mol. The highest BCUT2D eigenvalue weighted by molar-refractivity contribution is 6.75. The Labute approximate surface area is 224 Å². The third-order valence-electron chi connectivity index (χ3n) is 8.28. The molecule has 208 valence electrons. The maximum Gasteiger partial charge on any atom is 0.250 e. The highest BCUT2D eigenvalue weighted by Gasteiger charge is 2.40. The number of allylic oxidation sites excluding steroid dienone is 2. The summed E-state index contributed by atoms with van der Waals surface area (Å²) in [5.41, 5.74) is 3.67. The van der Waals surface area contributed by atoms with E-state index in [1.807, 2.05) is 0 Å². The smallest absolute Gasteiger partial charge is 0.250 e. The van der Waals surface area contributed by atoms with Gasteiger partial charge in [0.1, 0.15) is 5.75 Å². The third kappa shape index (κ3) is 9.43. The minimum atomic E-state index is -2.01. The molecule has 0 bridgehead atoms. The molecular formula is C30H56O4Si2. The first-order chi connectivity index (χ1) is 16.0. The van der Waals surface area contributed by atoms with Gasteiger partial charge in [-0.2, -0.15) is 0 Å². The summed E-state index contributed by atoms with van der Waals surface area (Å²) < 4.78 is 13.4. The molecule has 0 aliphatic rings. The lowest BCUT2D eigenvalue weighted by Gasteiger charge is -2.38. The zero-order valence-corrected chi connectivity index (χ0v) is 27.8. The Morgan fingerprint density at radius 3 is 1.94 bits per heavy atom. The summed E-state index contributed by atoms with van der Waals surface area (Å²) in [5, 5.41) is 20.5. The average Bonchev–Trinajstić information content (AvgIpc) is 2.68. The van der Waals surface area contributed by atoms with Gasteiger partial charge in [-0.3, -0.25) is 0 Å². The summed E-state index contributed by atoms with van der Waals surface area (Å²) in [4.78, 5) is 0. The first kappa shape index (κ1) is 33.1. The van der Waals surface area contributed by atoms with Crippen LogP contribution in [-0.2, 0) is 17.5 Å². The van der Waals surface area contributed by atoms with E-state index in [4.69, 9.17) is 8.85 Å². The van der Waals surface area contributed by atoms with E-state index in [0.29, 0.717) is 13.0 Å². The maximum atomic E-state index is 10.2. The van der Waals surface area contributed by atoms with Gasteiger partial charge in [0, 0.05) is 0 Å². The molecule has 0 fully saturated rings. The van der Waals surface area contributed by atoms with E-state index in [9.17, 15) is 10.2 Å². The van der Waals surface area contributed by atoms with E-state index in [0.717, 1.165) is 24.2 Å². The molecule has 0 saturated carbocycles. The summed E-state index contributed by atoms with van der Waals surface area (Å²) in [6, 6.07) is 4.49. The van der Waals surface area contributed by atoms with Crippen LogP contribution in [0.4, 0.5) is 0 Å². The molecule has 6 heteroatoms. The zero-order chi connectivity index (χ0) is 28.3. The van der Waals surface area contributed by atoms with Crippen LogP contribution in [0.3, 0.4) is 0 Å². The number of aryl methyl sites for hydroxylation is 1.